The molecule has 0 bridgehead atoms. The molecule has 0 saturated carbocycles. The fourth-order valence-electron chi connectivity index (χ4n) is 2.15. The summed E-state index contributed by atoms with van der Waals surface area (Å²) in [5, 5.41) is 12.5. The number of hydrogen-bond acceptors (Lipinski definition) is 6. The number of nitriles is 1. The minimum absolute atomic E-state index is 0.0402. The largest absolute Gasteiger partial charge is 0.466 e. The maximum atomic E-state index is 11.9. The van der Waals surface area contributed by atoms with Crippen LogP contribution in [-0.4, -0.2) is 24.2 Å². The molecule has 0 saturated heterocycles. The maximum absolute atomic E-state index is 11.9. The molecule has 1 N–H and O–H groups in total. The zero-order valence-corrected chi connectivity index (χ0v) is 13.2. The van der Waals surface area contributed by atoms with Gasteiger partial charge in [0.2, 0.25) is 5.91 Å². The molecule has 1 aromatic rings. The van der Waals surface area contributed by atoms with E-state index in [2.05, 4.69) is 11.4 Å². The third-order valence-corrected chi connectivity index (χ3v) is 4.09. The van der Waals surface area contributed by atoms with E-state index in [0.29, 0.717) is 23.0 Å². The second-order valence-electron chi connectivity index (χ2n) is 4.70. The van der Waals surface area contributed by atoms with Crippen LogP contribution in [0, 0.1) is 18.3 Å². The molecule has 7 heteroatoms. The van der Waals surface area contributed by atoms with Crippen LogP contribution in [0.25, 0.3) is 0 Å². The van der Waals surface area contributed by atoms with Crippen LogP contribution < -0.4 is 5.32 Å². The van der Waals surface area contributed by atoms with Crippen LogP contribution in [0.15, 0.2) is 27.2 Å². The average Bonchev–Trinajstić information content (AvgIpc) is 2.91. The lowest BCUT2D eigenvalue weighted by molar-refractivity contribution is -0.139. The fourth-order valence-corrected chi connectivity index (χ4v) is 3.03. The summed E-state index contributed by atoms with van der Waals surface area (Å²) in [7, 11) is 0. The van der Waals surface area contributed by atoms with E-state index >= 15 is 0 Å². The third kappa shape index (κ3) is 3.71. The summed E-state index contributed by atoms with van der Waals surface area (Å²) in [5.74, 6) is 0.333. The molecule has 0 radical (unpaired) electrons. The van der Waals surface area contributed by atoms with Crippen molar-refractivity contribution in [2.75, 3.05) is 12.4 Å². The molecular weight excluding hydrogens is 304 g/mol. The lowest BCUT2D eigenvalue weighted by Gasteiger charge is -2.23. The average molecular weight is 320 g/mol. The lowest BCUT2D eigenvalue weighted by Crippen LogP contribution is -2.31. The van der Waals surface area contributed by atoms with Crippen molar-refractivity contribution in [3.63, 3.8) is 0 Å². The number of esters is 1. The highest BCUT2D eigenvalue weighted by atomic mass is 32.2. The smallest absolute Gasteiger partial charge is 0.316 e. The van der Waals surface area contributed by atoms with Crippen molar-refractivity contribution in [1.82, 2.24) is 5.32 Å². The SMILES string of the molecule is CCOC(=O)CSC1=C(C#N)[C@H](c2ccc(C)o2)CC(=O)N1. The molecule has 2 heterocycles. The normalized spacial score (nSPS) is 17.9. The van der Waals surface area contributed by atoms with Gasteiger partial charge in [-0.3, -0.25) is 9.59 Å². The van der Waals surface area contributed by atoms with E-state index in [0.717, 1.165) is 17.5 Å². The van der Waals surface area contributed by atoms with Crippen molar-refractivity contribution in [3.05, 3.63) is 34.3 Å². The van der Waals surface area contributed by atoms with E-state index in [-0.39, 0.29) is 24.1 Å². The van der Waals surface area contributed by atoms with Gasteiger partial charge in [0.1, 0.15) is 11.5 Å². The summed E-state index contributed by atoms with van der Waals surface area (Å²) in [4.78, 5) is 23.3. The van der Waals surface area contributed by atoms with Crippen molar-refractivity contribution in [1.29, 1.82) is 5.26 Å². The minimum atomic E-state index is -0.419. The Morgan fingerprint density at radius 1 is 1.59 bits per heavy atom. The van der Waals surface area contributed by atoms with Crippen LogP contribution in [-0.2, 0) is 14.3 Å². The molecule has 116 valence electrons. The molecule has 1 amide bonds. The second kappa shape index (κ2) is 7.18. The minimum Gasteiger partial charge on any atom is -0.466 e. The number of carbonyl (C=O) groups is 2. The topological polar surface area (TPSA) is 92.3 Å². The van der Waals surface area contributed by atoms with Crippen molar-refractivity contribution >= 4 is 23.6 Å². The standard InChI is InChI=1S/C15H16N2O4S/c1-3-20-14(19)8-22-15-11(7-16)10(6-13(18)17-15)12-5-4-9(2)21-12/h4-5,10H,3,6,8H2,1-2H3,(H,17,18)/t10-/m1/s1. The third-order valence-electron chi connectivity index (χ3n) is 3.10. The van der Waals surface area contributed by atoms with Gasteiger partial charge in [-0.05, 0) is 26.0 Å². The van der Waals surface area contributed by atoms with E-state index in [1.54, 1.807) is 26.0 Å². The molecule has 22 heavy (non-hydrogen) atoms. The van der Waals surface area contributed by atoms with E-state index < -0.39 is 5.92 Å². The summed E-state index contributed by atoms with van der Waals surface area (Å²) < 4.78 is 10.4. The van der Waals surface area contributed by atoms with Gasteiger partial charge in [-0.2, -0.15) is 5.26 Å². The zero-order valence-electron chi connectivity index (χ0n) is 12.3. The molecule has 1 aliphatic heterocycles. The molecule has 0 aliphatic carbocycles. The quantitative estimate of drug-likeness (QED) is 0.836. The van der Waals surface area contributed by atoms with Gasteiger partial charge in [0.05, 0.1) is 34.9 Å². The van der Waals surface area contributed by atoms with Gasteiger partial charge >= 0.3 is 5.97 Å². The van der Waals surface area contributed by atoms with Gasteiger partial charge in [-0.25, -0.2) is 0 Å². The fraction of sp³-hybridized carbons (Fsp3) is 0.400. The number of carbonyl (C=O) groups excluding carboxylic acids is 2. The lowest BCUT2D eigenvalue weighted by atomic mass is 9.92. The Balaban J connectivity index is 2.24. The molecule has 0 spiro atoms. The molecule has 2 rings (SSSR count). The van der Waals surface area contributed by atoms with Crippen molar-refractivity contribution in [2.24, 2.45) is 0 Å². The van der Waals surface area contributed by atoms with E-state index in [9.17, 15) is 14.9 Å². The summed E-state index contributed by atoms with van der Waals surface area (Å²) in [6, 6.07) is 5.68. The number of hydrogen-bond donors (Lipinski definition) is 1. The van der Waals surface area contributed by atoms with Gasteiger partial charge in [0.15, 0.2) is 0 Å². The second-order valence-corrected chi connectivity index (χ2v) is 5.69. The Hall–Kier alpha value is -2.20. The zero-order chi connectivity index (χ0) is 16.1. The first-order valence-corrected chi connectivity index (χ1v) is 7.82. The summed E-state index contributed by atoms with van der Waals surface area (Å²) in [6.45, 7) is 3.82. The highest BCUT2D eigenvalue weighted by Crippen LogP contribution is 2.36. The number of allylic oxidation sites excluding steroid dienone is 1. The maximum Gasteiger partial charge on any atom is 0.316 e. The van der Waals surface area contributed by atoms with Crippen LogP contribution in [0.2, 0.25) is 0 Å². The Labute approximate surface area is 132 Å². The van der Waals surface area contributed by atoms with E-state index in [1.165, 1.54) is 0 Å². The molecule has 0 aromatic carbocycles. The molecule has 1 aromatic heterocycles. The van der Waals surface area contributed by atoms with Gasteiger partial charge in [0.25, 0.3) is 0 Å². The number of rotatable bonds is 5. The number of aryl methyl sites for hydroxylation is 1. The Morgan fingerprint density at radius 3 is 2.95 bits per heavy atom. The molecule has 1 aliphatic rings. The molecule has 0 unspecified atom stereocenters. The number of nitrogens with zero attached hydrogens (tertiary/aromatic N) is 1. The molecule has 1 atom stereocenters. The predicted molar refractivity (Wildman–Crippen MR) is 80.7 cm³/mol. The summed E-state index contributed by atoms with van der Waals surface area (Å²) >= 11 is 1.10. The molecule has 0 fully saturated rings. The van der Waals surface area contributed by atoms with Crippen molar-refractivity contribution in [3.8, 4) is 6.07 Å². The van der Waals surface area contributed by atoms with Crippen LogP contribution in [0.4, 0.5) is 0 Å². The monoisotopic (exact) mass is 320 g/mol. The number of furan rings is 1. The van der Waals surface area contributed by atoms with E-state index in [4.69, 9.17) is 9.15 Å². The molecular formula is C15H16N2O4S. The van der Waals surface area contributed by atoms with Crippen LogP contribution in [0.1, 0.15) is 30.8 Å². The van der Waals surface area contributed by atoms with Gasteiger partial charge < -0.3 is 14.5 Å². The number of thioether (sulfide) groups is 1. The first-order chi connectivity index (χ1) is 10.5. The Morgan fingerprint density at radius 2 is 2.36 bits per heavy atom. The van der Waals surface area contributed by atoms with Crippen LogP contribution >= 0.6 is 11.8 Å². The summed E-state index contributed by atoms with van der Waals surface area (Å²) in [5.41, 5.74) is 0.406. The highest BCUT2D eigenvalue weighted by Gasteiger charge is 2.31. The van der Waals surface area contributed by atoms with Gasteiger partial charge in [-0.1, -0.05) is 11.8 Å². The Bertz CT molecular complexity index is 657. The first-order valence-electron chi connectivity index (χ1n) is 6.84. The Kier molecular flexibility index (Phi) is 5.28. The predicted octanol–water partition coefficient (Wildman–Crippen LogP) is 2.22. The van der Waals surface area contributed by atoms with Crippen molar-refractivity contribution in [2.45, 2.75) is 26.2 Å². The van der Waals surface area contributed by atoms with Crippen LogP contribution in [0.3, 0.4) is 0 Å². The number of amides is 1. The first kappa shape index (κ1) is 16.2. The number of nitrogens with one attached hydrogen (secondary N) is 1. The summed E-state index contributed by atoms with van der Waals surface area (Å²) in [6.07, 6.45) is 0.152. The van der Waals surface area contributed by atoms with Gasteiger partial charge in [0, 0.05) is 6.42 Å². The van der Waals surface area contributed by atoms with Crippen LogP contribution in [0.5, 0.6) is 0 Å². The molecule has 6 nitrogen and oxygen atoms in total. The van der Waals surface area contributed by atoms with Crippen molar-refractivity contribution < 1.29 is 18.7 Å². The number of ether oxygens (including phenoxy) is 1. The van der Waals surface area contributed by atoms with Gasteiger partial charge in [-0.15, -0.1) is 0 Å². The van der Waals surface area contributed by atoms with E-state index in [1.807, 2.05) is 0 Å². The highest BCUT2D eigenvalue weighted by molar-refractivity contribution is 8.03.